The van der Waals surface area contributed by atoms with Crippen molar-refractivity contribution in [3.8, 4) is 22.3 Å². The van der Waals surface area contributed by atoms with E-state index in [2.05, 4.69) is 318 Å². The molecule has 0 spiro atoms. The van der Waals surface area contributed by atoms with Crippen molar-refractivity contribution >= 4 is 112 Å². The average molecular weight is 1340 g/mol. The van der Waals surface area contributed by atoms with E-state index in [9.17, 15) is 9.59 Å². The van der Waals surface area contributed by atoms with E-state index in [0.29, 0.717) is 22.3 Å². The number of rotatable bonds is 18. The van der Waals surface area contributed by atoms with Crippen LogP contribution in [0.4, 0.5) is 68.2 Å². The van der Waals surface area contributed by atoms with Crippen molar-refractivity contribution in [3.05, 3.63) is 394 Å². The predicted molar refractivity (Wildman–Crippen MR) is 437 cm³/mol. The molecule has 0 fully saturated rings. The molecule has 16 aromatic carbocycles. The lowest BCUT2D eigenvalue weighted by Crippen LogP contribution is -2.17. The Morgan fingerprint density at radius 3 is 0.625 bits per heavy atom. The number of hydrogen-bond acceptors (Lipinski definition) is 6. The first-order chi connectivity index (χ1) is 50.7. The Morgan fingerprint density at radius 1 is 0.202 bits per heavy atom. The molecule has 0 saturated heterocycles. The van der Waals surface area contributed by atoms with Crippen molar-refractivity contribution in [2.45, 2.75) is 55.4 Å². The van der Waals surface area contributed by atoms with Gasteiger partial charge in [0.25, 0.3) is 0 Å². The lowest BCUT2D eigenvalue weighted by atomic mass is 9.82. The minimum atomic E-state index is -0.0482. The summed E-state index contributed by atoms with van der Waals surface area (Å²) < 4.78 is 0. The van der Waals surface area contributed by atoms with Gasteiger partial charge in [-0.05, 0) is 199 Å². The topological polar surface area (TPSA) is 47.1 Å². The summed E-state index contributed by atoms with van der Waals surface area (Å²) in [7, 11) is 0. The second-order valence-electron chi connectivity index (χ2n) is 27.8. The third-order valence-corrected chi connectivity index (χ3v) is 20.3. The lowest BCUT2D eigenvalue weighted by Gasteiger charge is -2.36. The number of carbonyl (C=O) groups is 2. The Labute approximate surface area is 609 Å². The molecule has 104 heavy (non-hydrogen) atoms. The fraction of sp³-hybridized carbons (Fsp3) is 0.0816. The molecular weight excluding hydrogens is 1270 g/mol. The van der Waals surface area contributed by atoms with Gasteiger partial charge in [-0.15, -0.1) is 0 Å². The Kier molecular flexibility index (Phi) is 17.4. The van der Waals surface area contributed by atoms with Gasteiger partial charge in [0.2, 0.25) is 0 Å². The van der Waals surface area contributed by atoms with Crippen molar-refractivity contribution in [3.63, 3.8) is 0 Å². The fourth-order valence-electron chi connectivity index (χ4n) is 14.7. The van der Waals surface area contributed by atoms with Crippen LogP contribution < -0.4 is 19.6 Å². The van der Waals surface area contributed by atoms with Gasteiger partial charge < -0.3 is 19.6 Å². The zero-order valence-corrected chi connectivity index (χ0v) is 59.8. The van der Waals surface area contributed by atoms with Gasteiger partial charge >= 0.3 is 0 Å². The van der Waals surface area contributed by atoms with Gasteiger partial charge in [0, 0.05) is 100 Å². The van der Waals surface area contributed by atoms with Gasteiger partial charge in [-0.3, -0.25) is 9.59 Å². The number of carbonyl (C=O) groups excluding carboxylic acids is 2. The average Bonchev–Trinajstić information content (AvgIpc) is 0.685. The van der Waals surface area contributed by atoms with Crippen LogP contribution in [-0.2, 0) is 0 Å². The van der Waals surface area contributed by atoms with Crippen LogP contribution in [-0.4, -0.2) is 11.6 Å². The number of anilines is 12. The second-order valence-corrected chi connectivity index (χ2v) is 27.8. The van der Waals surface area contributed by atoms with E-state index in [1.165, 1.54) is 0 Å². The van der Waals surface area contributed by atoms with Crippen molar-refractivity contribution in [1.82, 2.24) is 0 Å². The highest BCUT2D eigenvalue weighted by atomic mass is 16.1. The molecule has 0 aliphatic rings. The number of hydrogen-bond donors (Lipinski definition) is 0. The van der Waals surface area contributed by atoms with Crippen LogP contribution in [0.3, 0.4) is 0 Å². The Balaban J connectivity index is 1.18. The maximum Gasteiger partial charge on any atom is 0.193 e. The van der Waals surface area contributed by atoms with Crippen LogP contribution in [0.2, 0.25) is 0 Å². The molecule has 0 aliphatic carbocycles. The smallest absolute Gasteiger partial charge is 0.193 e. The first kappa shape index (κ1) is 65.7. The van der Waals surface area contributed by atoms with Gasteiger partial charge in [0.15, 0.2) is 11.6 Å². The molecule has 0 saturated carbocycles. The van der Waals surface area contributed by atoms with Crippen LogP contribution in [0.15, 0.2) is 328 Å². The maximum atomic E-state index is 14.6. The van der Waals surface area contributed by atoms with E-state index in [1.807, 2.05) is 84.9 Å². The number of aryl methyl sites for hydroxylation is 8. The summed E-state index contributed by atoms with van der Waals surface area (Å²) in [5.41, 5.74) is 27.1. The van der Waals surface area contributed by atoms with Crippen molar-refractivity contribution in [2.24, 2.45) is 0 Å². The van der Waals surface area contributed by atoms with E-state index in [0.717, 1.165) is 167 Å². The van der Waals surface area contributed by atoms with E-state index in [4.69, 9.17) is 0 Å². The summed E-state index contributed by atoms with van der Waals surface area (Å²) in [6.45, 7) is 17.2. The van der Waals surface area contributed by atoms with E-state index >= 15 is 0 Å². The molecule has 6 heteroatoms. The molecule has 16 rings (SSSR count). The zero-order chi connectivity index (χ0) is 71.3. The summed E-state index contributed by atoms with van der Waals surface area (Å²) in [4.78, 5) is 39.1. The first-order valence-corrected chi connectivity index (χ1v) is 35.7. The molecule has 0 aromatic heterocycles. The van der Waals surface area contributed by atoms with Crippen LogP contribution in [0.1, 0.15) is 76.4 Å². The van der Waals surface area contributed by atoms with E-state index in [1.54, 1.807) is 0 Å². The SMILES string of the molecule is Cc1ccc(N(c2ccc(C)cc2)c2cc(N(c3ccc(C)cc3)c3ccc(C)cc3)c3c(-c4ccc(C(=O)c5ccccc5)cc4)cc4c(N(c5ccc(C)cc5)c5ccc(C)cc5)cc(N(c5ccc(C)cc5)c5ccc(C)cc5)c5c(-c6ccc(C(=O)c7ccccc7)cc6)cc2c3c45)cc1. The minimum absolute atomic E-state index is 0.0482. The highest BCUT2D eigenvalue weighted by Gasteiger charge is 2.33. The van der Waals surface area contributed by atoms with Gasteiger partial charge in [0.1, 0.15) is 0 Å². The molecule has 0 radical (unpaired) electrons. The zero-order valence-electron chi connectivity index (χ0n) is 59.8. The van der Waals surface area contributed by atoms with Crippen molar-refractivity contribution in [1.29, 1.82) is 0 Å². The molecule has 16 aromatic rings. The lowest BCUT2D eigenvalue weighted by molar-refractivity contribution is 0.103. The molecule has 0 bridgehead atoms. The van der Waals surface area contributed by atoms with Gasteiger partial charge in [-0.25, -0.2) is 0 Å². The Bertz CT molecular complexity index is 5270. The predicted octanol–water partition coefficient (Wildman–Crippen LogP) is 26.7. The third-order valence-electron chi connectivity index (χ3n) is 20.3. The third kappa shape index (κ3) is 12.5. The Hall–Kier alpha value is -12.9. The van der Waals surface area contributed by atoms with Crippen LogP contribution in [0.5, 0.6) is 0 Å². The standard InChI is InChI=1S/C98H78N4O2/c1-63-19-43-77(44-20-63)99(78-45-21-64(2)22-46-78)89-61-91(101(81-51-27-67(5)28-52-81)82-53-29-68(6)30-54-82)93-86(72-37-41-76(42-38-72)98(104)74-17-13-10-14-18-74)60-88-90(100(79-47-23-65(3)24-48-79)80-49-25-66(4)26-50-80)62-92(102(83-55-31-69(7)32-56-83)84-57-33-70(8)34-58-84)94-85(59-87(89)95(93)96(88)94)71-35-39-75(40-36-71)97(103)73-15-11-9-12-16-73/h9-62H,1-8H3. The van der Waals surface area contributed by atoms with Gasteiger partial charge in [-0.1, -0.05) is 251 Å². The number of ketones is 2. The van der Waals surface area contributed by atoms with E-state index < -0.39 is 0 Å². The summed E-state index contributed by atoms with van der Waals surface area (Å²) in [5.74, 6) is -0.0965. The summed E-state index contributed by atoms with van der Waals surface area (Å²) in [6.07, 6.45) is 0. The first-order valence-electron chi connectivity index (χ1n) is 35.7. The number of benzene rings is 16. The van der Waals surface area contributed by atoms with Crippen molar-refractivity contribution < 1.29 is 9.59 Å². The minimum Gasteiger partial charge on any atom is -0.310 e. The molecule has 0 N–H and O–H groups in total. The molecular formula is C98H78N4O2. The van der Waals surface area contributed by atoms with Crippen LogP contribution >= 0.6 is 0 Å². The monoisotopic (exact) mass is 1340 g/mol. The quantitative estimate of drug-likeness (QED) is 0.0630. The molecule has 0 atom stereocenters. The molecule has 0 unspecified atom stereocenters. The summed E-state index contributed by atoms with van der Waals surface area (Å²) in [5, 5.41) is 6.05. The van der Waals surface area contributed by atoms with Crippen molar-refractivity contribution in [2.75, 3.05) is 19.6 Å². The normalized spacial score (nSPS) is 11.3. The Morgan fingerprint density at radius 2 is 0.404 bits per heavy atom. The highest BCUT2D eigenvalue weighted by Crippen LogP contribution is 2.59. The second kappa shape index (κ2) is 27.6. The fourth-order valence-corrected chi connectivity index (χ4v) is 14.7. The van der Waals surface area contributed by atoms with Crippen LogP contribution in [0, 0.1) is 55.4 Å². The largest absolute Gasteiger partial charge is 0.310 e. The molecule has 0 heterocycles. The number of nitrogens with zero attached hydrogens (tertiary/aromatic N) is 4. The summed E-state index contributed by atoms with van der Waals surface area (Å²) >= 11 is 0. The van der Waals surface area contributed by atoms with E-state index in [-0.39, 0.29) is 11.6 Å². The van der Waals surface area contributed by atoms with Crippen LogP contribution in [0.25, 0.3) is 54.6 Å². The molecule has 0 amide bonds. The molecule has 0 aliphatic heterocycles. The molecule has 6 nitrogen and oxygen atoms in total. The maximum absolute atomic E-state index is 14.6. The highest BCUT2D eigenvalue weighted by molar-refractivity contribution is 6.38. The summed E-state index contributed by atoms with van der Waals surface area (Å²) in [6, 6.07) is 117. The molecule has 502 valence electrons. The van der Waals surface area contributed by atoms with Gasteiger partial charge in [-0.2, -0.15) is 0 Å². The van der Waals surface area contributed by atoms with Gasteiger partial charge in [0.05, 0.1) is 22.7 Å².